The fourth-order valence-electron chi connectivity index (χ4n) is 4.13. The van der Waals surface area contributed by atoms with Gasteiger partial charge in [0, 0.05) is 18.2 Å². The molecule has 2 aromatic rings. The number of hydrogen-bond acceptors (Lipinski definition) is 5. The minimum Gasteiger partial charge on any atom is -0.460 e. The molecule has 1 aromatic heterocycles. The SMILES string of the molecule is Cc1cc(F)ccc1-c1ccc(CN[C@@H]2CCO[C@]3(CCS(=O)(=O)C3)C2)o1. The lowest BCUT2D eigenvalue weighted by molar-refractivity contribution is -0.0707. The molecule has 2 fully saturated rings. The van der Waals surface area contributed by atoms with Gasteiger partial charge < -0.3 is 14.5 Å². The Morgan fingerprint density at radius 1 is 1.30 bits per heavy atom. The van der Waals surface area contributed by atoms with Crippen molar-refractivity contribution in [1.29, 1.82) is 0 Å². The van der Waals surface area contributed by atoms with Crippen LogP contribution in [0.15, 0.2) is 34.7 Å². The molecule has 4 rings (SSSR count). The average Bonchev–Trinajstić information content (AvgIpc) is 3.18. The third-order valence-corrected chi connectivity index (χ3v) is 7.32. The van der Waals surface area contributed by atoms with Crippen LogP contribution in [0.3, 0.4) is 0 Å². The van der Waals surface area contributed by atoms with Gasteiger partial charge in [0.1, 0.15) is 17.3 Å². The smallest absolute Gasteiger partial charge is 0.153 e. The lowest BCUT2D eigenvalue weighted by atomic mass is 9.90. The molecule has 0 saturated carbocycles. The van der Waals surface area contributed by atoms with Gasteiger partial charge in [0.25, 0.3) is 0 Å². The molecule has 2 atom stereocenters. The lowest BCUT2D eigenvalue weighted by Crippen LogP contribution is -2.47. The van der Waals surface area contributed by atoms with Crippen molar-refractivity contribution in [2.24, 2.45) is 0 Å². The molecule has 0 amide bonds. The van der Waals surface area contributed by atoms with Crippen LogP contribution in [0.4, 0.5) is 4.39 Å². The number of ether oxygens (including phenoxy) is 1. The van der Waals surface area contributed by atoms with Crippen molar-refractivity contribution in [1.82, 2.24) is 5.32 Å². The maximum Gasteiger partial charge on any atom is 0.153 e. The van der Waals surface area contributed by atoms with E-state index in [1.54, 1.807) is 6.07 Å². The highest BCUT2D eigenvalue weighted by molar-refractivity contribution is 7.91. The maximum absolute atomic E-state index is 13.3. The summed E-state index contributed by atoms with van der Waals surface area (Å²) in [6.45, 7) is 3.00. The number of benzene rings is 1. The molecule has 0 aliphatic carbocycles. The van der Waals surface area contributed by atoms with Crippen molar-refractivity contribution < 1.29 is 22.0 Å². The van der Waals surface area contributed by atoms with Gasteiger partial charge in [0.15, 0.2) is 9.84 Å². The fraction of sp³-hybridized carbons (Fsp3) is 0.500. The van der Waals surface area contributed by atoms with Gasteiger partial charge in [-0.1, -0.05) is 0 Å². The second-order valence-electron chi connectivity index (χ2n) is 7.67. The summed E-state index contributed by atoms with van der Waals surface area (Å²) < 4.78 is 48.7. The van der Waals surface area contributed by atoms with Crippen molar-refractivity contribution in [2.75, 3.05) is 18.1 Å². The molecule has 2 aliphatic heterocycles. The molecule has 7 heteroatoms. The Kier molecular flexibility index (Phi) is 4.86. The van der Waals surface area contributed by atoms with Crippen LogP contribution in [0.1, 0.15) is 30.6 Å². The molecule has 5 nitrogen and oxygen atoms in total. The van der Waals surface area contributed by atoms with E-state index in [0.717, 1.165) is 29.1 Å². The summed E-state index contributed by atoms with van der Waals surface area (Å²) in [5, 5.41) is 3.48. The molecule has 0 unspecified atom stereocenters. The summed E-state index contributed by atoms with van der Waals surface area (Å²) in [5.41, 5.74) is 1.19. The van der Waals surface area contributed by atoms with E-state index in [-0.39, 0.29) is 23.4 Å². The minimum absolute atomic E-state index is 0.132. The highest BCUT2D eigenvalue weighted by Gasteiger charge is 2.46. The summed E-state index contributed by atoms with van der Waals surface area (Å²) >= 11 is 0. The Labute approximate surface area is 158 Å². The van der Waals surface area contributed by atoms with Crippen LogP contribution < -0.4 is 5.32 Å². The number of furan rings is 1. The van der Waals surface area contributed by atoms with E-state index in [0.29, 0.717) is 26.0 Å². The van der Waals surface area contributed by atoms with Gasteiger partial charge in [-0.2, -0.15) is 0 Å². The summed E-state index contributed by atoms with van der Waals surface area (Å²) in [6, 6.07) is 8.66. The topological polar surface area (TPSA) is 68.5 Å². The van der Waals surface area contributed by atoms with Gasteiger partial charge >= 0.3 is 0 Å². The standard InChI is InChI=1S/C20H24FNO4S/c1-14-10-15(21)2-4-18(14)19-5-3-17(26-19)12-22-16-6-8-25-20(11-16)7-9-27(23,24)13-20/h2-5,10,16,22H,6-9,11-13H2,1H3/t16-,20-/m1/s1. The Hall–Kier alpha value is -1.70. The number of rotatable bonds is 4. The number of aryl methyl sites for hydroxylation is 1. The first kappa shape index (κ1) is 18.7. The van der Waals surface area contributed by atoms with Gasteiger partial charge in [-0.05, 0) is 62.1 Å². The van der Waals surface area contributed by atoms with Crippen molar-refractivity contribution >= 4 is 9.84 Å². The molecule has 1 aromatic carbocycles. The summed E-state index contributed by atoms with van der Waals surface area (Å²) in [4.78, 5) is 0. The molecular formula is C20H24FNO4S. The molecule has 0 radical (unpaired) electrons. The molecule has 146 valence electrons. The Morgan fingerprint density at radius 2 is 2.15 bits per heavy atom. The highest BCUT2D eigenvalue weighted by Crippen LogP contribution is 2.35. The second-order valence-corrected chi connectivity index (χ2v) is 9.85. The largest absolute Gasteiger partial charge is 0.460 e. The Balaban J connectivity index is 1.39. The Morgan fingerprint density at radius 3 is 2.89 bits per heavy atom. The van der Waals surface area contributed by atoms with E-state index in [2.05, 4.69) is 5.32 Å². The third-order valence-electron chi connectivity index (χ3n) is 5.53. The number of hydrogen-bond donors (Lipinski definition) is 1. The van der Waals surface area contributed by atoms with Crippen LogP contribution in [0, 0.1) is 12.7 Å². The number of sulfone groups is 1. The van der Waals surface area contributed by atoms with Crippen molar-refractivity contribution in [3.8, 4) is 11.3 Å². The van der Waals surface area contributed by atoms with Gasteiger partial charge in [0.05, 0.1) is 23.7 Å². The quantitative estimate of drug-likeness (QED) is 0.864. The molecule has 0 bridgehead atoms. The van der Waals surface area contributed by atoms with Crippen molar-refractivity contribution in [3.63, 3.8) is 0 Å². The first-order chi connectivity index (χ1) is 12.8. The van der Waals surface area contributed by atoms with Crippen LogP contribution in [-0.2, 0) is 21.1 Å². The monoisotopic (exact) mass is 393 g/mol. The molecule has 2 aliphatic rings. The third kappa shape index (κ3) is 4.10. The van der Waals surface area contributed by atoms with Gasteiger partial charge in [-0.3, -0.25) is 0 Å². The molecule has 2 saturated heterocycles. The highest BCUT2D eigenvalue weighted by atomic mass is 32.2. The fourth-order valence-corrected chi connectivity index (χ4v) is 6.10. The van der Waals surface area contributed by atoms with Gasteiger partial charge in [-0.25, -0.2) is 12.8 Å². The zero-order valence-electron chi connectivity index (χ0n) is 15.3. The van der Waals surface area contributed by atoms with Crippen LogP contribution in [0.5, 0.6) is 0 Å². The summed E-state index contributed by atoms with van der Waals surface area (Å²) in [6.07, 6.45) is 2.14. The summed E-state index contributed by atoms with van der Waals surface area (Å²) in [7, 11) is -2.98. The van der Waals surface area contributed by atoms with Crippen LogP contribution >= 0.6 is 0 Å². The molecule has 1 spiro atoms. The second kappa shape index (κ2) is 7.04. The maximum atomic E-state index is 13.3. The van der Waals surface area contributed by atoms with Crippen molar-refractivity contribution in [3.05, 3.63) is 47.5 Å². The zero-order chi connectivity index (χ0) is 19.1. The minimum atomic E-state index is -2.98. The first-order valence-electron chi connectivity index (χ1n) is 9.27. The van der Waals surface area contributed by atoms with E-state index >= 15 is 0 Å². The van der Waals surface area contributed by atoms with Crippen LogP contribution in [0.25, 0.3) is 11.3 Å². The van der Waals surface area contributed by atoms with E-state index in [1.807, 2.05) is 19.1 Å². The molecule has 3 heterocycles. The van der Waals surface area contributed by atoms with E-state index in [1.165, 1.54) is 12.1 Å². The molecule has 27 heavy (non-hydrogen) atoms. The number of nitrogens with one attached hydrogen (secondary N) is 1. The van der Waals surface area contributed by atoms with E-state index in [4.69, 9.17) is 9.15 Å². The van der Waals surface area contributed by atoms with Crippen molar-refractivity contribution in [2.45, 2.75) is 44.4 Å². The number of halogens is 1. The predicted octanol–water partition coefficient (Wildman–Crippen LogP) is 3.22. The van der Waals surface area contributed by atoms with E-state index < -0.39 is 15.4 Å². The van der Waals surface area contributed by atoms with E-state index in [9.17, 15) is 12.8 Å². The average molecular weight is 393 g/mol. The summed E-state index contributed by atoms with van der Waals surface area (Å²) in [5.74, 6) is 1.61. The first-order valence-corrected chi connectivity index (χ1v) is 11.1. The predicted molar refractivity (Wildman–Crippen MR) is 101 cm³/mol. The normalized spacial score (nSPS) is 27.3. The van der Waals surface area contributed by atoms with Crippen LogP contribution in [-0.4, -0.2) is 38.2 Å². The molecule has 1 N–H and O–H groups in total. The van der Waals surface area contributed by atoms with Gasteiger partial charge in [-0.15, -0.1) is 0 Å². The molecular weight excluding hydrogens is 369 g/mol. The van der Waals surface area contributed by atoms with Crippen LogP contribution in [0.2, 0.25) is 0 Å². The van der Waals surface area contributed by atoms with Gasteiger partial charge in [0.2, 0.25) is 0 Å². The lowest BCUT2D eigenvalue weighted by Gasteiger charge is -2.37. The zero-order valence-corrected chi connectivity index (χ0v) is 16.1. The Bertz CT molecular complexity index is 939.